The van der Waals surface area contributed by atoms with Gasteiger partial charge in [0.05, 0.1) is 29.1 Å². The maximum absolute atomic E-state index is 12.9. The van der Waals surface area contributed by atoms with E-state index in [0.29, 0.717) is 29.5 Å². The second-order valence-electron chi connectivity index (χ2n) is 7.02. The van der Waals surface area contributed by atoms with Crippen molar-refractivity contribution < 1.29 is 46.7 Å². The first-order valence-electron chi connectivity index (χ1n) is 10.1. The second-order valence-corrected chi connectivity index (χ2v) is 8.02. The maximum atomic E-state index is 12.9. The van der Waals surface area contributed by atoms with Crippen molar-refractivity contribution in [1.29, 1.82) is 0 Å². The van der Waals surface area contributed by atoms with Gasteiger partial charge in [0.25, 0.3) is 11.1 Å². The van der Waals surface area contributed by atoms with Crippen molar-refractivity contribution in [3.8, 4) is 17.2 Å². The third-order valence-corrected chi connectivity index (χ3v) is 5.56. The van der Waals surface area contributed by atoms with Crippen LogP contribution in [0.4, 0.5) is 23.7 Å². The topological polar surface area (TPSA) is 125 Å². The molecule has 2 aromatic carbocycles. The van der Waals surface area contributed by atoms with Crippen LogP contribution in [0.2, 0.25) is 0 Å². The molecule has 0 aliphatic carbocycles. The molecule has 1 heterocycles. The van der Waals surface area contributed by atoms with Crippen LogP contribution in [0, 0.1) is 10.1 Å². The number of esters is 1. The van der Waals surface area contributed by atoms with Gasteiger partial charge in [-0.1, -0.05) is 6.07 Å². The van der Waals surface area contributed by atoms with Crippen LogP contribution in [-0.2, 0) is 20.5 Å². The van der Waals surface area contributed by atoms with Crippen LogP contribution in [0.15, 0.2) is 41.3 Å². The van der Waals surface area contributed by atoms with E-state index in [1.54, 1.807) is 6.92 Å². The zero-order chi connectivity index (χ0) is 26.6. The molecule has 36 heavy (non-hydrogen) atoms. The number of halogens is 3. The number of nitrogens with zero attached hydrogens (tertiary/aromatic N) is 2. The van der Waals surface area contributed by atoms with Gasteiger partial charge in [0.1, 0.15) is 6.54 Å². The van der Waals surface area contributed by atoms with E-state index in [2.05, 4.69) is 0 Å². The molecule has 1 fully saturated rings. The van der Waals surface area contributed by atoms with Crippen LogP contribution in [0.3, 0.4) is 0 Å². The molecule has 0 aromatic heterocycles. The minimum atomic E-state index is -4.78. The Balaban J connectivity index is 1.86. The lowest BCUT2D eigenvalue weighted by Gasteiger charge is -2.13. The highest BCUT2D eigenvalue weighted by Gasteiger charge is 2.37. The highest BCUT2D eigenvalue weighted by molar-refractivity contribution is 8.18. The molecule has 0 N–H and O–H groups in total. The van der Waals surface area contributed by atoms with E-state index in [9.17, 15) is 37.7 Å². The summed E-state index contributed by atoms with van der Waals surface area (Å²) in [6.45, 7) is 1.15. The number of alkyl halides is 3. The van der Waals surface area contributed by atoms with Crippen molar-refractivity contribution in [3.63, 3.8) is 0 Å². The molecule has 2 aromatic rings. The SMILES string of the molecule is CCOC(=O)CN1C(=O)S/C(=C/c2ccc(Oc3ccc(C(F)(F)F)cc3[N+](=O)[O-])c(OC)c2)C1=O. The number of methoxy groups -OCH3 is 1. The third-order valence-electron chi connectivity index (χ3n) is 4.65. The average Bonchev–Trinajstić information content (AvgIpc) is 3.06. The largest absolute Gasteiger partial charge is 0.493 e. The van der Waals surface area contributed by atoms with Crippen LogP contribution in [0.1, 0.15) is 18.1 Å². The Bertz CT molecular complexity index is 1260. The van der Waals surface area contributed by atoms with Gasteiger partial charge in [0.15, 0.2) is 11.5 Å². The molecular weight excluding hydrogens is 509 g/mol. The molecule has 14 heteroatoms. The predicted molar refractivity (Wildman–Crippen MR) is 120 cm³/mol. The first-order chi connectivity index (χ1) is 16.9. The second kappa shape index (κ2) is 10.7. The molecule has 3 rings (SSSR count). The van der Waals surface area contributed by atoms with Crippen molar-refractivity contribution in [2.45, 2.75) is 13.1 Å². The first-order valence-corrected chi connectivity index (χ1v) is 10.9. The zero-order valence-corrected chi connectivity index (χ0v) is 19.5. The summed E-state index contributed by atoms with van der Waals surface area (Å²) in [5, 5.41) is 10.7. The third kappa shape index (κ3) is 5.94. The van der Waals surface area contributed by atoms with Crippen molar-refractivity contribution in [2.24, 2.45) is 0 Å². The van der Waals surface area contributed by atoms with Crippen molar-refractivity contribution in [2.75, 3.05) is 20.3 Å². The Morgan fingerprint density at radius 2 is 1.83 bits per heavy atom. The lowest BCUT2D eigenvalue weighted by molar-refractivity contribution is -0.385. The van der Waals surface area contributed by atoms with Gasteiger partial charge >= 0.3 is 17.8 Å². The minimum absolute atomic E-state index is 0.0263. The number of ether oxygens (including phenoxy) is 3. The molecule has 0 atom stereocenters. The number of hydrogen-bond donors (Lipinski definition) is 0. The fourth-order valence-corrected chi connectivity index (χ4v) is 3.86. The van der Waals surface area contributed by atoms with Crippen LogP contribution >= 0.6 is 11.8 Å². The smallest absolute Gasteiger partial charge is 0.416 e. The van der Waals surface area contributed by atoms with Gasteiger partial charge in [0, 0.05) is 6.07 Å². The number of hydrogen-bond acceptors (Lipinski definition) is 9. The number of rotatable bonds is 8. The Hall–Kier alpha value is -4.07. The Kier molecular flexibility index (Phi) is 7.87. The number of nitro benzene ring substituents is 1. The van der Waals surface area contributed by atoms with Gasteiger partial charge in [-0.3, -0.25) is 29.4 Å². The highest BCUT2D eigenvalue weighted by atomic mass is 32.2. The monoisotopic (exact) mass is 526 g/mol. The normalized spacial score (nSPS) is 14.8. The molecule has 0 unspecified atom stereocenters. The summed E-state index contributed by atoms with van der Waals surface area (Å²) in [7, 11) is 1.26. The lowest BCUT2D eigenvalue weighted by atomic mass is 10.1. The summed E-state index contributed by atoms with van der Waals surface area (Å²) in [6, 6.07) is 6.00. The molecule has 0 saturated carbocycles. The van der Waals surface area contributed by atoms with E-state index >= 15 is 0 Å². The molecule has 1 aliphatic rings. The summed E-state index contributed by atoms with van der Waals surface area (Å²) < 4.78 is 54.2. The predicted octanol–water partition coefficient (Wildman–Crippen LogP) is 5.01. The first kappa shape index (κ1) is 26.5. The molecule has 10 nitrogen and oxygen atoms in total. The van der Waals surface area contributed by atoms with E-state index < -0.39 is 51.8 Å². The van der Waals surface area contributed by atoms with E-state index in [1.807, 2.05) is 0 Å². The molecule has 0 bridgehead atoms. The van der Waals surface area contributed by atoms with E-state index in [4.69, 9.17) is 14.2 Å². The van der Waals surface area contributed by atoms with Gasteiger partial charge in [-0.25, -0.2) is 0 Å². The number of amides is 2. The van der Waals surface area contributed by atoms with Crippen molar-refractivity contribution >= 4 is 40.6 Å². The fourth-order valence-electron chi connectivity index (χ4n) is 3.02. The van der Waals surface area contributed by atoms with Gasteiger partial charge in [-0.15, -0.1) is 0 Å². The highest BCUT2D eigenvalue weighted by Crippen LogP contribution is 2.41. The van der Waals surface area contributed by atoms with Gasteiger partial charge in [-0.05, 0) is 54.6 Å². The summed E-state index contributed by atoms with van der Waals surface area (Å²) in [6.07, 6.45) is -3.41. The molecule has 0 spiro atoms. The molecule has 1 saturated heterocycles. The summed E-state index contributed by atoms with van der Waals surface area (Å²) in [4.78, 5) is 47.4. The number of imide groups is 1. The Labute approximate surface area is 205 Å². The number of thioether (sulfide) groups is 1. The molecule has 2 amide bonds. The lowest BCUT2D eigenvalue weighted by Crippen LogP contribution is -2.34. The molecule has 190 valence electrons. The zero-order valence-electron chi connectivity index (χ0n) is 18.7. The number of carbonyl (C=O) groups excluding carboxylic acids is 3. The van der Waals surface area contributed by atoms with E-state index in [0.717, 1.165) is 11.0 Å². The van der Waals surface area contributed by atoms with Gasteiger partial charge in [-0.2, -0.15) is 13.2 Å². The fraction of sp³-hybridized carbons (Fsp3) is 0.227. The number of benzene rings is 2. The summed E-state index contributed by atoms with van der Waals surface area (Å²) in [5.41, 5.74) is -1.73. The van der Waals surface area contributed by atoms with Gasteiger partial charge in [0.2, 0.25) is 5.75 Å². The number of nitro groups is 1. The Morgan fingerprint density at radius 3 is 2.44 bits per heavy atom. The average molecular weight is 526 g/mol. The minimum Gasteiger partial charge on any atom is -0.493 e. The quantitative estimate of drug-likeness (QED) is 0.202. The van der Waals surface area contributed by atoms with Crippen LogP contribution < -0.4 is 9.47 Å². The van der Waals surface area contributed by atoms with E-state index in [1.165, 1.54) is 31.4 Å². The van der Waals surface area contributed by atoms with E-state index in [-0.39, 0.29) is 23.0 Å². The van der Waals surface area contributed by atoms with Crippen molar-refractivity contribution in [3.05, 3.63) is 62.5 Å². The van der Waals surface area contributed by atoms with Gasteiger partial charge < -0.3 is 14.2 Å². The summed E-state index contributed by atoms with van der Waals surface area (Å²) in [5.74, 6) is -1.88. The standard InChI is InChI=1S/C22H17F3N2O8S/c1-3-34-19(28)11-26-20(29)18(36-21(26)30)9-12-4-6-16(17(8-12)33-2)35-15-7-5-13(22(23,24)25)10-14(15)27(31)32/h4-10H,3,11H2,1-2H3/b18-9+. The molecule has 1 aliphatic heterocycles. The molecular formula is C22H17F3N2O8S. The number of carbonyl (C=O) groups is 3. The van der Waals surface area contributed by atoms with Crippen LogP contribution in [-0.4, -0.2) is 47.2 Å². The van der Waals surface area contributed by atoms with Crippen molar-refractivity contribution in [1.82, 2.24) is 4.90 Å². The summed E-state index contributed by atoms with van der Waals surface area (Å²) >= 11 is 0.617. The Morgan fingerprint density at radius 1 is 1.14 bits per heavy atom. The van der Waals surface area contributed by atoms with Crippen LogP contribution in [0.5, 0.6) is 17.2 Å². The van der Waals surface area contributed by atoms with Crippen LogP contribution in [0.25, 0.3) is 6.08 Å². The maximum Gasteiger partial charge on any atom is 0.416 e. The molecule has 0 radical (unpaired) electrons.